The molecule has 1 atom stereocenters. The summed E-state index contributed by atoms with van der Waals surface area (Å²) in [6.07, 6.45) is 0.348. The molecule has 26 heavy (non-hydrogen) atoms. The van der Waals surface area contributed by atoms with E-state index in [4.69, 9.17) is 16.1 Å². The van der Waals surface area contributed by atoms with E-state index in [9.17, 15) is 4.79 Å². The van der Waals surface area contributed by atoms with Crippen molar-refractivity contribution in [1.29, 1.82) is 0 Å². The first kappa shape index (κ1) is 16.8. The number of anilines is 1. The van der Waals surface area contributed by atoms with Gasteiger partial charge in [-0.3, -0.25) is 4.79 Å². The highest BCUT2D eigenvalue weighted by atomic mass is 35.5. The predicted molar refractivity (Wildman–Crippen MR) is 100 cm³/mol. The van der Waals surface area contributed by atoms with Gasteiger partial charge in [-0.1, -0.05) is 46.6 Å². The van der Waals surface area contributed by atoms with E-state index in [0.717, 1.165) is 22.4 Å². The van der Waals surface area contributed by atoms with Gasteiger partial charge >= 0.3 is 0 Å². The maximum Gasteiger partial charge on any atom is 0.232 e. The summed E-state index contributed by atoms with van der Waals surface area (Å²) >= 11 is 6.20. The summed E-state index contributed by atoms with van der Waals surface area (Å²) in [4.78, 5) is 18.7. The maximum absolute atomic E-state index is 12.5. The van der Waals surface area contributed by atoms with Crippen molar-refractivity contribution in [3.8, 4) is 11.4 Å². The molecule has 0 radical (unpaired) electrons. The number of nitrogens with zero attached hydrogens (tertiary/aromatic N) is 3. The second-order valence-corrected chi connectivity index (χ2v) is 7.07. The number of amides is 1. The van der Waals surface area contributed by atoms with Crippen molar-refractivity contribution in [3.63, 3.8) is 0 Å². The summed E-state index contributed by atoms with van der Waals surface area (Å²) in [5, 5.41) is 4.73. The quantitative estimate of drug-likeness (QED) is 0.682. The third-order valence-corrected chi connectivity index (χ3v) is 5.07. The SMILES string of the molecule is Cc1cccc(-c2noc([C@@H]3CC(=O)N(c4ccc(C)c(Cl)c4)C3)n2)c1. The van der Waals surface area contributed by atoms with E-state index in [1.54, 1.807) is 4.90 Å². The summed E-state index contributed by atoms with van der Waals surface area (Å²) in [5.74, 6) is 0.961. The van der Waals surface area contributed by atoms with Crippen LogP contribution in [0.3, 0.4) is 0 Å². The normalized spacial score (nSPS) is 17.1. The minimum absolute atomic E-state index is 0.0326. The molecule has 1 aromatic heterocycles. The summed E-state index contributed by atoms with van der Waals surface area (Å²) in [5.41, 5.74) is 3.82. The number of halogens is 1. The Kier molecular flexibility index (Phi) is 4.24. The number of hydrogen-bond acceptors (Lipinski definition) is 4. The molecule has 0 unspecified atom stereocenters. The zero-order valence-corrected chi connectivity index (χ0v) is 15.3. The van der Waals surface area contributed by atoms with Crippen LogP contribution >= 0.6 is 11.6 Å². The Bertz CT molecular complexity index is 983. The molecule has 6 heteroatoms. The summed E-state index contributed by atoms with van der Waals surface area (Å²) in [6, 6.07) is 13.6. The molecular formula is C20H18ClN3O2. The van der Waals surface area contributed by atoms with Gasteiger partial charge in [0.1, 0.15) is 0 Å². The van der Waals surface area contributed by atoms with Crippen LogP contribution in [0.25, 0.3) is 11.4 Å². The van der Waals surface area contributed by atoms with Gasteiger partial charge in [-0.25, -0.2) is 0 Å². The molecule has 132 valence electrons. The van der Waals surface area contributed by atoms with Gasteiger partial charge in [-0.2, -0.15) is 4.98 Å². The lowest BCUT2D eigenvalue weighted by Crippen LogP contribution is -2.24. The van der Waals surface area contributed by atoms with Crippen molar-refractivity contribution in [3.05, 3.63) is 64.5 Å². The van der Waals surface area contributed by atoms with Crippen LogP contribution in [0.1, 0.15) is 29.4 Å². The van der Waals surface area contributed by atoms with Crippen LogP contribution in [0.15, 0.2) is 47.0 Å². The molecule has 0 saturated carbocycles. The summed E-state index contributed by atoms with van der Waals surface area (Å²) in [7, 11) is 0. The lowest BCUT2D eigenvalue weighted by Gasteiger charge is -2.17. The van der Waals surface area contributed by atoms with Gasteiger partial charge in [0.25, 0.3) is 0 Å². The number of hydrogen-bond donors (Lipinski definition) is 0. The van der Waals surface area contributed by atoms with E-state index in [2.05, 4.69) is 10.1 Å². The van der Waals surface area contributed by atoms with Gasteiger partial charge in [0, 0.05) is 29.2 Å². The van der Waals surface area contributed by atoms with Gasteiger partial charge in [0.2, 0.25) is 17.6 Å². The second-order valence-electron chi connectivity index (χ2n) is 6.66. The van der Waals surface area contributed by atoms with E-state index in [0.29, 0.717) is 29.7 Å². The number of carbonyl (C=O) groups excluding carboxylic acids is 1. The Labute approximate surface area is 156 Å². The predicted octanol–water partition coefficient (Wildman–Crippen LogP) is 4.53. The van der Waals surface area contributed by atoms with Gasteiger partial charge in [-0.05, 0) is 37.6 Å². The zero-order chi connectivity index (χ0) is 18.3. The molecule has 1 amide bonds. The zero-order valence-electron chi connectivity index (χ0n) is 14.6. The van der Waals surface area contributed by atoms with Crippen LogP contribution < -0.4 is 4.90 Å². The lowest BCUT2D eigenvalue weighted by atomic mass is 10.1. The van der Waals surface area contributed by atoms with E-state index in [1.165, 1.54) is 0 Å². The van der Waals surface area contributed by atoms with Crippen molar-refractivity contribution >= 4 is 23.2 Å². The highest BCUT2D eigenvalue weighted by Gasteiger charge is 2.35. The monoisotopic (exact) mass is 367 g/mol. The Morgan fingerprint density at radius 2 is 2.04 bits per heavy atom. The van der Waals surface area contributed by atoms with Crippen molar-refractivity contribution in [2.24, 2.45) is 0 Å². The van der Waals surface area contributed by atoms with Crippen LogP contribution in [-0.2, 0) is 4.79 Å². The van der Waals surface area contributed by atoms with Gasteiger partial charge < -0.3 is 9.42 Å². The number of benzene rings is 2. The largest absolute Gasteiger partial charge is 0.339 e. The third kappa shape index (κ3) is 3.10. The molecule has 5 nitrogen and oxygen atoms in total. The van der Waals surface area contributed by atoms with Crippen molar-refractivity contribution < 1.29 is 9.32 Å². The third-order valence-electron chi connectivity index (χ3n) is 4.66. The fourth-order valence-corrected chi connectivity index (χ4v) is 3.35. The topological polar surface area (TPSA) is 59.2 Å². The second kappa shape index (κ2) is 6.57. The molecule has 0 spiro atoms. The Morgan fingerprint density at radius 3 is 2.81 bits per heavy atom. The molecule has 1 fully saturated rings. The molecule has 1 aliphatic heterocycles. The van der Waals surface area contributed by atoms with Crippen LogP contribution in [0, 0.1) is 13.8 Å². The Morgan fingerprint density at radius 1 is 1.19 bits per heavy atom. The molecule has 0 N–H and O–H groups in total. The maximum atomic E-state index is 12.5. The molecule has 3 aromatic rings. The van der Waals surface area contributed by atoms with E-state index in [-0.39, 0.29) is 11.8 Å². The summed E-state index contributed by atoms with van der Waals surface area (Å²) < 4.78 is 5.45. The smallest absolute Gasteiger partial charge is 0.232 e. The molecule has 0 aliphatic carbocycles. The fraction of sp³-hybridized carbons (Fsp3) is 0.250. The standard InChI is InChI=1S/C20H18ClN3O2/c1-12-4-3-5-14(8-12)19-22-20(26-23-19)15-9-18(25)24(11-15)16-7-6-13(2)17(21)10-16/h3-8,10,15H,9,11H2,1-2H3/t15-/m1/s1. The fourth-order valence-electron chi connectivity index (χ4n) is 3.17. The van der Waals surface area contributed by atoms with Gasteiger partial charge in [0.05, 0.1) is 5.92 Å². The van der Waals surface area contributed by atoms with Crippen molar-refractivity contribution in [2.45, 2.75) is 26.2 Å². The number of aromatic nitrogens is 2. The van der Waals surface area contributed by atoms with Crippen molar-refractivity contribution in [1.82, 2.24) is 10.1 Å². The van der Waals surface area contributed by atoms with Crippen LogP contribution in [-0.4, -0.2) is 22.6 Å². The highest BCUT2D eigenvalue weighted by molar-refractivity contribution is 6.31. The minimum Gasteiger partial charge on any atom is -0.339 e. The van der Waals surface area contributed by atoms with Crippen LogP contribution in [0.4, 0.5) is 5.69 Å². The molecule has 4 rings (SSSR count). The average molecular weight is 368 g/mol. The van der Waals surface area contributed by atoms with Gasteiger partial charge in [-0.15, -0.1) is 0 Å². The lowest BCUT2D eigenvalue weighted by molar-refractivity contribution is -0.117. The molecular weight excluding hydrogens is 350 g/mol. The molecule has 0 bridgehead atoms. The molecule has 2 aromatic carbocycles. The van der Waals surface area contributed by atoms with Crippen molar-refractivity contribution in [2.75, 3.05) is 11.4 Å². The Balaban J connectivity index is 1.56. The van der Waals surface area contributed by atoms with Crippen LogP contribution in [0.5, 0.6) is 0 Å². The molecule has 1 aliphatic rings. The average Bonchev–Trinajstić information content (AvgIpc) is 3.24. The first-order valence-corrected chi connectivity index (χ1v) is 8.86. The summed E-state index contributed by atoms with van der Waals surface area (Å²) in [6.45, 7) is 4.46. The number of rotatable bonds is 3. The van der Waals surface area contributed by atoms with E-state index in [1.807, 2.05) is 56.3 Å². The number of carbonyl (C=O) groups is 1. The first-order valence-electron chi connectivity index (χ1n) is 8.48. The van der Waals surface area contributed by atoms with E-state index >= 15 is 0 Å². The Hall–Kier alpha value is -2.66. The van der Waals surface area contributed by atoms with E-state index < -0.39 is 0 Å². The number of aryl methyl sites for hydroxylation is 2. The first-order chi connectivity index (χ1) is 12.5. The van der Waals surface area contributed by atoms with Gasteiger partial charge in [0.15, 0.2) is 0 Å². The highest BCUT2D eigenvalue weighted by Crippen LogP contribution is 2.33. The van der Waals surface area contributed by atoms with Crippen LogP contribution in [0.2, 0.25) is 5.02 Å². The molecule has 1 saturated heterocycles. The minimum atomic E-state index is -0.117. The molecule has 2 heterocycles.